The zero-order valence-electron chi connectivity index (χ0n) is 13.9. The van der Waals surface area contributed by atoms with Crippen LogP contribution in [-0.2, 0) is 6.54 Å². The summed E-state index contributed by atoms with van der Waals surface area (Å²) in [4.78, 5) is 1.37. The molecule has 2 aromatic rings. The fraction of sp³-hybridized carbons (Fsp3) is 0.368. The molecule has 2 N–H and O–H groups in total. The molecule has 2 aromatic carbocycles. The second-order valence-corrected chi connectivity index (χ2v) is 6.63. The van der Waals surface area contributed by atoms with E-state index in [0.717, 1.165) is 13.1 Å². The highest BCUT2D eigenvalue weighted by Gasteiger charge is 2.25. The molecule has 0 spiro atoms. The predicted octanol–water partition coefficient (Wildman–Crippen LogP) is 4.84. The van der Waals surface area contributed by atoms with E-state index in [1.807, 2.05) is 11.8 Å². The maximum absolute atomic E-state index is 3.79. The molecule has 2 atom stereocenters. The Bertz CT molecular complexity index is 595. The van der Waals surface area contributed by atoms with Gasteiger partial charge >= 0.3 is 0 Å². The second kappa shape index (κ2) is 11.0. The molecule has 0 bridgehead atoms. The lowest BCUT2D eigenvalue weighted by atomic mass is 9.92. The molecule has 132 valence electrons. The van der Waals surface area contributed by atoms with Crippen LogP contribution in [-0.4, -0.2) is 18.8 Å². The normalized spacial score (nSPS) is 19.9. The van der Waals surface area contributed by atoms with Crippen LogP contribution < -0.4 is 10.6 Å². The lowest BCUT2D eigenvalue weighted by molar-refractivity contribution is 0.304. The van der Waals surface area contributed by atoms with Crippen molar-refractivity contribution in [2.24, 2.45) is 0 Å². The van der Waals surface area contributed by atoms with E-state index in [1.54, 1.807) is 0 Å². The van der Waals surface area contributed by atoms with Gasteiger partial charge in [-0.05, 0) is 42.8 Å². The quantitative estimate of drug-likeness (QED) is 0.721. The van der Waals surface area contributed by atoms with E-state index in [4.69, 9.17) is 0 Å². The minimum Gasteiger partial charge on any atom is -0.309 e. The van der Waals surface area contributed by atoms with Gasteiger partial charge in [0, 0.05) is 23.5 Å². The Balaban J connectivity index is 0.00000144. The number of piperidine rings is 1. The molecule has 0 aliphatic carbocycles. The van der Waals surface area contributed by atoms with Gasteiger partial charge in [-0.1, -0.05) is 48.5 Å². The number of nitrogens with one attached hydrogen (secondary N) is 2. The fourth-order valence-electron chi connectivity index (χ4n) is 3.21. The summed E-state index contributed by atoms with van der Waals surface area (Å²) in [5.74, 6) is 0. The Morgan fingerprint density at radius 1 is 1.04 bits per heavy atom. The molecule has 0 radical (unpaired) electrons. The first-order chi connectivity index (χ1) is 10.9. The summed E-state index contributed by atoms with van der Waals surface area (Å²) in [7, 11) is 0. The van der Waals surface area contributed by atoms with Gasteiger partial charge < -0.3 is 10.6 Å². The lowest BCUT2D eigenvalue weighted by Crippen LogP contribution is -2.45. The average Bonchev–Trinajstić information content (AvgIpc) is 2.61. The maximum atomic E-state index is 3.79. The zero-order valence-corrected chi connectivity index (χ0v) is 16.4. The SMILES string of the molecule is CSc1ccccc1CN[C@@H]1CCCN[C@@H]1c1ccccc1.Cl.Cl. The van der Waals surface area contributed by atoms with Crippen LogP contribution in [0, 0.1) is 0 Å². The molecule has 0 amide bonds. The largest absolute Gasteiger partial charge is 0.309 e. The van der Waals surface area contributed by atoms with Crippen molar-refractivity contribution in [2.75, 3.05) is 12.8 Å². The van der Waals surface area contributed by atoms with Crippen LogP contribution in [0.3, 0.4) is 0 Å². The fourth-order valence-corrected chi connectivity index (χ4v) is 3.83. The summed E-state index contributed by atoms with van der Waals surface area (Å²) in [5, 5.41) is 7.47. The van der Waals surface area contributed by atoms with Gasteiger partial charge in [-0.25, -0.2) is 0 Å². The molecular formula is C19H26Cl2N2S. The number of hydrogen-bond acceptors (Lipinski definition) is 3. The number of benzene rings is 2. The van der Waals surface area contributed by atoms with Crippen LogP contribution in [0.5, 0.6) is 0 Å². The number of rotatable bonds is 5. The Kier molecular flexibility index (Phi) is 9.79. The van der Waals surface area contributed by atoms with Gasteiger partial charge in [0.05, 0.1) is 0 Å². The molecule has 0 aromatic heterocycles. The molecule has 3 rings (SSSR count). The highest BCUT2D eigenvalue weighted by molar-refractivity contribution is 7.98. The molecule has 0 unspecified atom stereocenters. The van der Waals surface area contributed by atoms with E-state index in [-0.39, 0.29) is 24.8 Å². The van der Waals surface area contributed by atoms with Crippen LogP contribution in [0.1, 0.15) is 30.0 Å². The minimum atomic E-state index is 0. The van der Waals surface area contributed by atoms with Crippen LogP contribution in [0.2, 0.25) is 0 Å². The van der Waals surface area contributed by atoms with Gasteiger partial charge in [0.1, 0.15) is 0 Å². The first-order valence-electron chi connectivity index (χ1n) is 8.02. The van der Waals surface area contributed by atoms with E-state index >= 15 is 0 Å². The number of thioether (sulfide) groups is 1. The highest BCUT2D eigenvalue weighted by atomic mass is 35.5. The molecular weight excluding hydrogens is 359 g/mol. The average molecular weight is 385 g/mol. The number of halogens is 2. The van der Waals surface area contributed by atoms with Crippen LogP contribution in [0.15, 0.2) is 59.5 Å². The van der Waals surface area contributed by atoms with Crippen molar-refractivity contribution in [3.05, 3.63) is 65.7 Å². The smallest absolute Gasteiger partial charge is 0.0476 e. The molecule has 1 saturated heterocycles. The maximum Gasteiger partial charge on any atom is 0.0476 e. The molecule has 5 heteroatoms. The minimum absolute atomic E-state index is 0. The summed E-state index contributed by atoms with van der Waals surface area (Å²) < 4.78 is 0. The molecule has 1 aliphatic heterocycles. The van der Waals surface area contributed by atoms with Crippen LogP contribution in [0.4, 0.5) is 0 Å². The van der Waals surface area contributed by atoms with Crippen molar-refractivity contribution in [3.8, 4) is 0 Å². The summed E-state index contributed by atoms with van der Waals surface area (Å²) in [6.07, 6.45) is 4.62. The second-order valence-electron chi connectivity index (χ2n) is 5.78. The summed E-state index contributed by atoms with van der Waals surface area (Å²) in [6, 6.07) is 20.4. The molecule has 1 aliphatic rings. The van der Waals surface area contributed by atoms with E-state index in [1.165, 1.54) is 28.9 Å². The van der Waals surface area contributed by atoms with E-state index in [2.05, 4.69) is 71.5 Å². The Morgan fingerprint density at radius 2 is 1.75 bits per heavy atom. The van der Waals surface area contributed by atoms with Crippen molar-refractivity contribution >= 4 is 36.6 Å². The highest BCUT2D eigenvalue weighted by Crippen LogP contribution is 2.25. The first kappa shape index (κ1) is 21.3. The molecule has 1 fully saturated rings. The predicted molar refractivity (Wildman–Crippen MR) is 110 cm³/mol. The van der Waals surface area contributed by atoms with Gasteiger partial charge in [-0.15, -0.1) is 36.6 Å². The van der Waals surface area contributed by atoms with E-state index in [9.17, 15) is 0 Å². The molecule has 2 nitrogen and oxygen atoms in total. The number of hydrogen-bond donors (Lipinski definition) is 2. The zero-order chi connectivity index (χ0) is 15.2. The third-order valence-electron chi connectivity index (χ3n) is 4.36. The Hall–Kier alpha value is -0.710. The Labute approximate surface area is 162 Å². The van der Waals surface area contributed by atoms with Crippen molar-refractivity contribution in [3.63, 3.8) is 0 Å². The van der Waals surface area contributed by atoms with Gasteiger partial charge in [-0.2, -0.15) is 0 Å². The van der Waals surface area contributed by atoms with Crippen molar-refractivity contribution < 1.29 is 0 Å². The molecule has 1 heterocycles. The van der Waals surface area contributed by atoms with Crippen molar-refractivity contribution in [2.45, 2.75) is 36.4 Å². The van der Waals surface area contributed by atoms with Gasteiger partial charge in [0.25, 0.3) is 0 Å². The topological polar surface area (TPSA) is 24.1 Å². The van der Waals surface area contributed by atoms with E-state index in [0.29, 0.717) is 12.1 Å². The van der Waals surface area contributed by atoms with Crippen molar-refractivity contribution in [1.82, 2.24) is 10.6 Å². The monoisotopic (exact) mass is 384 g/mol. The van der Waals surface area contributed by atoms with Gasteiger partial charge in [0.2, 0.25) is 0 Å². The van der Waals surface area contributed by atoms with Gasteiger partial charge in [-0.3, -0.25) is 0 Å². The van der Waals surface area contributed by atoms with Crippen molar-refractivity contribution in [1.29, 1.82) is 0 Å². The van der Waals surface area contributed by atoms with Crippen LogP contribution >= 0.6 is 36.6 Å². The van der Waals surface area contributed by atoms with Crippen LogP contribution in [0.25, 0.3) is 0 Å². The first-order valence-corrected chi connectivity index (χ1v) is 9.24. The lowest BCUT2D eigenvalue weighted by Gasteiger charge is -2.34. The van der Waals surface area contributed by atoms with Gasteiger partial charge in [0.15, 0.2) is 0 Å². The third kappa shape index (κ3) is 5.40. The molecule has 24 heavy (non-hydrogen) atoms. The van der Waals surface area contributed by atoms with E-state index < -0.39 is 0 Å². The molecule has 0 saturated carbocycles. The third-order valence-corrected chi connectivity index (χ3v) is 5.20. The standard InChI is InChI=1S/C19H24N2S.2ClH/c1-22-18-12-6-5-10-16(18)14-21-17-11-7-13-20-19(17)15-8-3-2-4-9-15;;/h2-6,8-10,12,17,19-21H,7,11,13-14H2,1H3;2*1H/t17-,19-;;/m1../s1. The Morgan fingerprint density at radius 3 is 2.50 bits per heavy atom. The summed E-state index contributed by atoms with van der Waals surface area (Å²) in [6.45, 7) is 2.05. The summed E-state index contributed by atoms with van der Waals surface area (Å²) in [5.41, 5.74) is 2.78. The summed E-state index contributed by atoms with van der Waals surface area (Å²) >= 11 is 1.82.